The Balaban J connectivity index is 2.70. The largest absolute Gasteiger partial charge is 0.396 e. The third-order valence-corrected chi connectivity index (χ3v) is 3.12. The van der Waals surface area contributed by atoms with Crippen molar-refractivity contribution in [1.82, 2.24) is 0 Å². The van der Waals surface area contributed by atoms with Gasteiger partial charge in [0, 0.05) is 24.7 Å². The van der Waals surface area contributed by atoms with Gasteiger partial charge in [0.2, 0.25) is 0 Å². The second-order valence-corrected chi connectivity index (χ2v) is 5.05. The molecule has 2 nitrogen and oxygen atoms in total. The zero-order valence-electron chi connectivity index (χ0n) is 10.9. The number of aliphatic hydroxyl groups is 1. The van der Waals surface area contributed by atoms with Crippen LogP contribution in [0.5, 0.6) is 0 Å². The van der Waals surface area contributed by atoms with Crippen LogP contribution in [0.25, 0.3) is 0 Å². The lowest BCUT2D eigenvalue weighted by Gasteiger charge is -2.33. The van der Waals surface area contributed by atoms with E-state index in [1.165, 1.54) is 12.1 Å². The molecule has 0 bridgehead atoms. The Bertz CT molecular complexity index is 339. The van der Waals surface area contributed by atoms with E-state index in [9.17, 15) is 9.50 Å². The Hall–Kier alpha value is -1.09. The molecule has 1 rings (SSSR count). The predicted octanol–water partition coefficient (Wildman–Crippen LogP) is 3.06. The second-order valence-electron chi connectivity index (χ2n) is 5.05. The highest BCUT2D eigenvalue weighted by atomic mass is 19.1. The van der Waals surface area contributed by atoms with E-state index in [-0.39, 0.29) is 17.8 Å². The molecule has 0 aliphatic rings. The molecule has 1 atom stereocenters. The van der Waals surface area contributed by atoms with Crippen LogP contribution in [0, 0.1) is 11.2 Å². The maximum atomic E-state index is 12.8. The molecule has 0 spiro atoms. The average molecular weight is 239 g/mol. The molecule has 0 fully saturated rings. The average Bonchev–Trinajstić information content (AvgIpc) is 2.30. The maximum Gasteiger partial charge on any atom is 0.123 e. The van der Waals surface area contributed by atoms with Crippen LogP contribution < -0.4 is 4.90 Å². The van der Waals surface area contributed by atoms with Gasteiger partial charge in [-0.05, 0) is 30.7 Å². The Morgan fingerprint density at radius 2 is 1.88 bits per heavy atom. The van der Waals surface area contributed by atoms with Crippen LogP contribution in [0.2, 0.25) is 0 Å². The molecule has 1 unspecified atom stereocenters. The van der Waals surface area contributed by atoms with Gasteiger partial charge in [0.25, 0.3) is 0 Å². The fourth-order valence-corrected chi connectivity index (χ4v) is 2.17. The van der Waals surface area contributed by atoms with Gasteiger partial charge in [-0.15, -0.1) is 0 Å². The number of nitrogens with zero attached hydrogens (tertiary/aromatic N) is 1. The van der Waals surface area contributed by atoms with E-state index in [2.05, 4.69) is 18.7 Å². The van der Waals surface area contributed by atoms with Crippen molar-refractivity contribution in [2.24, 2.45) is 5.41 Å². The minimum atomic E-state index is -0.222. The van der Waals surface area contributed by atoms with Crippen molar-refractivity contribution in [3.8, 4) is 0 Å². The van der Waals surface area contributed by atoms with Gasteiger partial charge in [0.05, 0.1) is 6.61 Å². The second kappa shape index (κ2) is 6.01. The molecule has 0 saturated carbocycles. The fraction of sp³-hybridized carbons (Fsp3) is 0.571. The lowest BCUT2D eigenvalue weighted by Crippen LogP contribution is -2.36. The third-order valence-electron chi connectivity index (χ3n) is 3.12. The topological polar surface area (TPSA) is 23.5 Å². The van der Waals surface area contributed by atoms with E-state index in [0.717, 1.165) is 25.1 Å². The fourth-order valence-electron chi connectivity index (χ4n) is 2.17. The summed E-state index contributed by atoms with van der Waals surface area (Å²) < 4.78 is 12.8. The monoisotopic (exact) mass is 239 g/mol. The Kier molecular flexibility index (Phi) is 4.94. The summed E-state index contributed by atoms with van der Waals surface area (Å²) in [5, 5.41) is 9.47. The van der Waals surface area contributed by atoms with Gasteiger partial charge in [-0.3, -0.25) is 0 Å². The molecule has 0 aliphatic heterocycles. The van der Waals surface area contributed by atoms with Gasteiger partial charge in [-0.25, -0.2) is 4.39 Å². The number of aliphatic hydroxyl groups excluding tert-OH is 1. The molecular formula is C14H22FNO. The standard InChI is InChI=1S/C14H22FNO/c1-4-9-14(2,11-17)10-16(3)13-7-5-12(15)6-8-13/h5-8,17H,4,9-11H2,1-3H3. The van der Waals surface area contributed by atoms with Crippen LogP contribution in [0.4, 0.5) is 10.1 Å². The summed E-state index contributed by atoms with van der Waals surface area (Å²) in [6.45, 7) is 5.14. The number of rotatable bonds is 6. The van der Waals surface area contributed by atoms with Gasteiger partial charge in [-0.2, -0.15) is 0 Å². The summed E-state index contributed by atoms with van der Waals surface area (Å²) in [6.07, 6.45) is 2.03. The van der Waals surface area contributed by atoms with E-state index < -0.39 is 0 Å². The summed E-state index contributed by atoms with van der Waals surface area (Å²) in [4.78, 5) is 2.06. The van der Waals surface area contributed by atoms with E-state index in [4.69, 9.17) is 0 Å². The lowest BCUT2D eigenvalue weighted by atomic mass is 9.86. The van der Waals surface area contributed by atoms with Crippen LogP contribution >= 0.6 is 0 Å². The van der Waals surface area contributed by atoms with Crippen molar-refractivity contribution in [2.75, 3.05) is 25.1 Å². The van der Waals surface area contributed by atoms with Crippen LogP contribution in [0.1, 0.15) is 26.7 Å². The molecular weight excluding hydrogens is 217 g/mol. The number of benzene rings is 1. The van der Waals surface area contributed by atoms with E-state index in [1.54, 1.807) is 12.1 Å². The van der Waals surface area contributed by atoms with Gasteiger partial charge in [0.15, 0.2) is 0 Å². The SMILES string of the molecule is CCCC(C)(CO)CN(C)c1ccc(F)cc1. The van der Waals surface area contributed by atoms with E-state index in [1.807, 2.05) is 7.05 Å². The molecule has 3 heteroatoms. The summed E-state index contributed by atoms with van der Waals surface area (Å²) in [7, 11) is 1.97. The molecule has 0 aliphatic carbocycles. The molecule has 0 heterocycles. The minimum absolute atomic E-state index is 0.0993. The molecule has 0 aromatic heterocycles. The van der Waals surface area contributed by atoms with Gasteiger partial charge < -0.3 is 10.0 Å². The Labute approximate surface area is 103 Å². The lowest BCUT2D eigenvalue weighted by molar-refractivity contribution is 0.138. The van der Waals surface area contributed by atoms with Gasteiger partial charge in [-0.1, -0.05) is 20.3 Å². The molecule has 96 valence electrons. The van der Waals surface area contributed by atoms with Crippen LogP contribution in [0.3, 0.4) is 0 Å². The van der Waals surface area contributed by atoms with Crippen molar-refractivity contribution >= 4 is 5.69 Å². The van der Waals surface area contributed by atoms with Crippen molar-refractivity contribution in [1.29, 1.82) is 0 Å². The van der Waals surface area contributed by atoms with Crippen molar-refractivity contribution in [3.05, 3.63) is 30.1 Å². The quantitative estimate of drug-likeness (QED) is 0.824. The molecule has 1 aromatic carbocycles. The summed E-state index contributed by atoms with van der Waals surface area (Å²) in [5.74, 6) is -0.222. The number of hydrogen-bond donors (Lipinski definition) is 1. The van der Waals surface area contributed by atoms with Crippen molar-refractivity contribution < 1.29 is 9.50 Å². The smallest absolute Gasteiger partial charge is 0.123 e. The van der Waals surface area contributed by atoms with Gasteiger partial charge in [0.1, 0.15) is 5.82 Å². The highest BCUT2D eigenvalue weighted by Gasteiger charge is 2.24. The molecule has 0 radical (unpaired) electrons. The maximum absolute atomic E-state index is 12.8. The van der Waals surface area contributed by atoms with Crippen LogP contribution in [0.15, 0.2) is 24.3 Å². The minimum Gasteiger partial charge on any atom is -0.396 e. The van der Waals surface area contributed by atoms with Crippen molar-refractivity contribution in [3.63, 3.8) is 0 Å². The number of hydrogen-bond acceptors (Lipinski definition) is 2. The molecule has 17 heavy (non-hydrogen) atoms. The third kappa shape index (κ3) is 4.00. The Morgan fingerprint density at radius 1 is 1.29 bits per heavy atom. The Morgan fingerprint density at radius 3 is 2.35 bits per heavy atom. The zero-order chi connectivity index (χ0) is 12.9. The highest BCUT2D eigenvalue weighted by molar-refractivity contribution is 5.45. The molecule has 0 amide bonds. The first-order valence-electron chi connectivity index (χ1n) is 6.08. The van der Waals surface area contributed by atoms with Crippen LogP contribution in [-0.4, -0.2) is 25.3 Å². The first-order valence-corrected chi connectivity index (χ1v) is 6.08. The predicted molar refractivity (Wildman–Crippen MR) is 69.8 cm³/mol. The van der Waals surface area contributed by atoms with Gasteiger partial charge >= 0.3 is 0 Å². The normalized spacial score (nSPS) is 14.4. The number of anilines is 1. The first kappa shape index (κ1) is 14.0. The number of halogens is 1. The summed E-state index contributed by atoms with van der Waals surface area (Å²) >= 11 is 0. The van der Waals surface area contributed by atoms with Crippen molar-refractivity contribution in [2.45, 2.75) is 26.7 Å². The summed E-state index contributed by atoms with van der Waals surface area (Å²) in [5.41, 5.74) is 0.875. The van der Waals surface area contributed by atoms with Crippen LogP contribution in [-0.2, 0) is 0 Å². The summed E-state index contributed by atoms with van der Waals surface area (Å²) in [6, 6.07) is 6.45. The van der Waals surface area contributed by atoms with E-state index >= 15 is 0 Å². The highest BCUT2D eigenvalue weighted by Crippen LogP contribution is 2.26. The zero-order valence-corrected chi connectivity index (χ0v) is 10.9. The molecule has 1 aromatic rings. The first-order chi connectivity index (χ1) is 8.00. The van der Waals surface area contributed by atoms with E-state index in [0.29, 0.717) is 0 Å². The molecule has 1 N–H and O–H groups in total. The molecule has 0 saturated heterocycles.